The SMILES string of the molecule is CC(C)[C@@H](C(=O)OC(C)(C)C)N(C)C(=O)[C@H]1CCN(C/C=C/C(=O)N2CC(F)(F)C2)C1. The number of alkyl halides is 2. The van der Waals surface area contributed by atoms with Gasteiger partial charge < -0.3 is 14.5 Å². The Morgan fingerprint density at radius 2 is 1.84 bits per heavy atom. The van der Waals surface area contributed by atoms with Gasteiger partial charge in [-0.25, -0.2) is 13.6 Å². The van der Waals surface area contributed by atoms with Crippen molar-refractivity contribution in [3.8, 4) is 0 Å². The van der Waals surface area contributed by atoms with Gasteiger partial charge in [-0.1, -0.05) is 19.9 Å². The summed E-state index contributed by atoms with van der Waals surface area (Å²) in [6.07, 6.45) is 3.61. The first-order valence-electron chi connectivity index (χ1n) is 10.8. The summed E-state index contributed by atoms with van der Waals surface area (Å²) in [4.78, 5) is 42.1. The molecular formula is C22H35F2N3O4. The number of hydrogen-bond donors (Lipinski definition) is 0. The minimum Gasteiger partial charge on any atom is -0.458 e. The molecule has 0 aliphatic carbocycles. The third-order valence-corrected chi connectivity index (χ3v) is 5.45. The van der Waals surface area contributed by atoms with E-state index in [1.165, 1.54) is 11.0 Å². The summed E-state index contributed by atoms with van der Waals surface area (Å²) in [5.74, 6) is -4.04. The van der Waals surface area contributed by atoms with E-state index in [-0.39, 0.29) is 17.7 Å². The Morgan fingerprint density at radius 1 is 1.23 bits per heavy atom. The van der Waals surface area contributed by atoms with Crippen molar-refractivity contribution in [2.24, 2.45) is 11.8 Å². The number of likely N-dealkylation sites (tertiary alicyclic amines) is 2. The fourth-order valence-corrected chi connectivity index (χ4v) is 3.94. The predicted octanol–water partition coefficient (Wildman–Crippen LogP) is 2.17. The van der Waals surface area contributed by atoms with Crippen LogP contribution >= 0.6 is 0 Å². The molecule has 7 nitrogen and oxygen atoms in total. The zero-order chi connectivity index (χ0) is 23.6. The summed E-state index contributed by atoms with van der Waals surface area (Å²) in [5, 5.41) is 0. The molecule has 9 heteroatoms. The molecule has 0 aromatic heterocycles. The lowest BCUT2D eigenvalue weighted by Gasteiger charge is -2.37. The van der Waals surface area contributed by atoms with Gasteiger partial charge in [0.2, 0.25) is 11.8 Å². The fourth-order valence-electron chi connectivity index (χ4n) is 3.94. The molecule has 2 atom stereocenters. The zero-order valence-electron chi connectivity index (χ0n) is 19.4. The molecule has 0 aromatic rings. The molecule has 0 aromatic carbocycles. The lowest BCUT2D eigenvalue weighted by molar-refractivity contribution is -0.166. The van der Waals surface area contributed by atoms with Crippen LogP contribution in [0.5, 0.6) is 0 Å². The predicted molar refractivity (Wildman–Crippen MR) is 112 cm³/mol. The van der Waals surface area contributed by atoms with E-state index in [4.69, 9.17) is 4.74 Å². The van der Waals surface area contributed by atoms with E-state index in [2.05, 4.69) is 0 Å². The summed E-state index contributed by atoms with van der Waals surface area (Å²) in [6.45, 7) is 9.76. The van der Waals surface area contributed by atoms with E-state index < -0.39 is 42.5 Å². The van der Waals surface area contributed by atoms with Crippen LogP contribution in [-0.2, 0) is 19.1 Å². The molecule has 2 aliphatic rings. The summed E-state index contributed by atoms with van der Waals surface area (Å²) in [5.41, 5.74) is -0.631. The van der Waals surface area contributed by atoms with Gasteiger partial charge in [-0.15, -0.1) is 0 Å². The molecular weight excluding hydrogens is 408 g/mol. The van der Waals surface area contributed by atoms with Crippen molar-refractivity contribution >= 4 is 17.8 Å². The fraction of sp³-hybridized carbons (Fsp3) is 0.773. The summed E-state index contributed by atoms with van der Waals surface area (Å²) in [6, 6.07) is -0.659. The first-order valence-corrected chi connectivity index (χ1v) is 10.8. The monoisotopic (exact) mass is 443 g/mol. The summed E-state index contributed by atoms with van der Waals surface area (Å²) in [7, 11) is 1.64. The van der Waals surface area contributed by atoms with Gasteiger partial charge >= 0.3 is 5.97 Å². The number of hydrogen-bond acceptors (Lipinski definition) is 5. The van der Waals surface area contributed by atoms with Crippen LogP contribution in [0.3, 0.4) is 0 Å². The van der Waals surface area contributed by atoms with E-state index in [1.807, 2.05) is 18.7 Å². The molecule has 2 fully saturated rings. The number of carbonyl (C=O) groups excluding carboxylic acids is 3. The molecule has 0 unspecified atom stereocenters. The maximum Gasteiger partial charge on any atom is 0.329 e. The minimum atomic E-state index is -2.77. The molecule has 2 saturated heterocycles. The van der Waals surface area contributed by atoms with Gasteiger partial charge in [0, 0.05) is 26.2 Å². The lowest BCUT2D eigenvalue weighted by atomic mass is 9.99. The molecule has 31 heavy (non-hydrogen) atoms. The smallest absolute Gasteiger partial charge is 0.329 e. The first kappa shape index (κ1) is 25.2. The summed E-state index contributed by atoms with van der Waals surface area (Å²) >= 11 is 0. The zero-order valence-corrected chi connectivity index (χ0v) is 19.4. The number of likely N-dealkylation sites (N-methyl/N-ethyl adjacent to an activating group) is 1. The van der Waals surface area contributed by atoms with Gasteiger partial charge in [-0.05, 0) is 39.7 Å². The molecule has 176 valence electrons. The Balaban J connectivity index is 1.86. The number of esters is 1. The second kappa shape index (κ2) is 9.63. The van der Waals surface area contributed by atoms with E-state index in [0.717, 1.165) is 4.90 Å². The average Bonchev–Trinajstić information content (AvgIpc) is 3.05. The van der Waals surface area contributed by atoms with Gasteiger partial charge in [-0.2, -0.15) is 0 Å². The number of halogens is 2. The molecule has 2 rings (SSSR count). The van der Waals surface area contributed by atoms with Gasteiger partial charge in [0.1, 0.15) is 11.6 Å². The highest BCUT2D eigenvalue weighted by molar-refractivity contribution is 5.88. The van der Waals surface area contributed by atoms with Crippen LogP contribution in [0.1, 0.15) is 41.0 Å². The second-order valence-corrected chi connectivity index (χ2v) is 9.87. The van der Waals surface area contributed by atoms with E-state index >= 15 is 0 Å². The molecule has 2 amide bonds. The number of amides is 2. The Labute approximate surface area is 183 Å². The normalized spacial score (nSPS) is 22.5. The van der Waals surface area contributed by atoms with Crippen molar-refractivity contribution in [2.45, 2.75) is 58.6 Å². The molecule has 0 bridgehead atoms. The van der Waals surface area contributed by atoms with Crippen LogP contribution in [0.15, 0.2) is 12.2 Å². The van der Waals surface area contributed by atoms with Crippen LogP contribution in [-0.4, -0.2) is 89.8 Å². The van der Waals surface area contributed by atoms with Crippen molar-refractivity contribution in [1.29, 1.82) is 0 Å². The third-order valence-electron chi connectivity index (χ3n) is 5.45. The van der Waals surface area contributed by atoms with Crippen LogP contribution in [0.25, 0.3) is 0 Å². The van der Waals surface area contributed by atoms with E-state index in [0.29, 0.717) is 26.1 Å². The standard InChI is InChI=1S/C22H35F2N3O4/c1-15(2)18(20(30)31-21(3,4)5)25(6)19(29)16-9-11-26(12-16)10-7-8-17(28)27-13-22(23,24)14-27/h7-8,15-16,18H,9-14H2,1-6H3/b8-7+/t16-,18-/m0/s1. The average molecular weight is 444 g/mol. The maximum atomic E-state index is 13.0. The number of carbonyl (C=O) groups is 3. The first-order chi connectivity index (χ1) is 14.2. The van der Waals surface area contributed by atoms with E-state index in [9.17, 15) is 23.2 Å². The largest absolute Gasteiger partial charge is 0.458 e. The van der Waals surface area contributed by atoms with Gasteiger partial charge in [0.15, 0.2) is 0 Å². The Bertz CT molecular complexity index is 710. The Hall–Kier alpha value is -2.03. The van der Waals surface area contributed by atoms with Crippen LogP contribution < -0.4 is 0 Å². The van der Waals surface area contributed by atoms with Crippen molar-refractivity contribution in [3.63, 3.8) is 0 Å². The number of rotatable bonds is 7. The topological polar surface area (TPSA) is 70.2 Å². The molecule has 0 N–H and O–H groups in total. The van der Waals surface area contributed by atoms with Gasteiger partial charge in [0.25, 0.3) is 5.92 Å². The molecule has 2 heterocycles. The molecule has 2 aliphatic heterocycles. The van der Waals surface area contributed by atoms with Crippen LogP contribution in [0.2, 0.25) is 0 Å². The highest BCUT2D eigenvalue weighted by Gasteiger charge is 2.45. The van der Waals surface area contributed by atoms with E-state index in [1.54, 1.807) is 33.9 Å². The van der Waals surface area contributed by atoms with Gasteiger partial charge in [0.05, 0.1) is 19.0 Å². The van der Waals surface area contributed by atoms with Crippen molar-refractivity contribution in [3.05, 3.63) is 12.2 Å². The molecule has 0 saturated carbocycles. The third kappa shape index (κ3) is 6.98. The molecule has 0 spiro atoms. The van der Waals surface area contributed by atoms with Crippen molar-refractivity contribution in [1.82, 2.24) is 14.7 Å². The quantitative estimate of drug-likeness (QED) is 0.446. The van der Waals surface area contributed by atoms with Crippen LogP contribution in [0.4, 0.5) is 8.78 Å². The lowest BCUT2D eigenvalue weighted by Crippen LogP contribution is -2.58. The van der Waals surface area contributed by atoms with Crippen molar-refractivity contribution in [2.75, 3.05) is 39.8 Å². The van der Waals surface area contributed by atoms with Crippen molar-refractivity contribution < 1.29 is 27.9 Å². The number of nitrogens with zero attached hydrogens (tertiary/aromatic N) is 3. The van der Waals surface area contributed by atoms with Crippen LogP contribution in [0, 0.1) is 11.8 Å². The second-order valence-electron chi connectivity index (χ2n) is 9.87. The highest BCUT2D eigenvalue weighted by atomic mass is 19.3. The minimum absolute atomic E-state index is 0.0934. The molecule has 0 radical (unpaired) electrons. The summed E-state index contributed by atoms with van der Waals surface area (Å²) < 4.78 is 31.2. The highest BCUT2D eigenvalue weighted by Crippen LogP contribution is 2.27. The Morgan fingerprint density at radius 3 is 2.35 bits per heavy atom. The number of ether oxygens (including phenoxy) is 1. The maximum absolute atomic E-state index is 13.0. The van der Waals surface area contributed by atoms with Gasteiger partial charge in [-0.3, -0.25) is 14.5 Å². The Kier molecular flexibility index (Phi) is 7.84.